The number of carbonyl (C=O) groups is 1. The molecule has 2 rings (SSSR count). The first kappa shape index (κ1) is 9.40. The summed E-state index contributed by atoms with van der Waals surface area (Å²) in [4.78, 5) is 11.6. The van der Waals surface area contributed by atoms with Gasteiger partial charge >= 0.3 is 0 Å². The van der Waals surface area contributed by atoms with Crippen LogP contribution in [-0.2, 0) is 7.05 Å². The van der Waals surface area contributed by atoms with Crippen molar-refractivity contribution in [2.24, 2.45) is 7.05 Å². The molecule has 0 bridgehead atoms. The predicted molar refractivity (Wildman–Crippen MR) is 53.2 cm³/mol. The molecule has 0 unspecified atom stereocenters. The van der Waals surface area contributed by atoms with Crippen LogP contribution < -0.4 is 5.32 Å². The SMILES string of the molecule is Cn1nccc1C(=O)CCNC1CC1. The molecule has 76 valence electrons. The highest BCUT2D eigenvalue weighted by atomic mass is 16.1. The number of aromatic nitrogens is 2. The monoisotopic (exact) mass is 193 g/mol. The smallest absolute Gasteiger partial charge is 0.182 e. The Hall–Kier alpha value is -1.16. The lowest BCUT2D eigenvalue weighted by molar-refractivity contribution is 0.0973. The Kier molecular flexibility index (Phi) is 2.63. The Bertz CT molecular complexity index is 328. The van der Waals surface area contributed by atoms with Crippen LogP contribution in [0.5, 0.6) is 0 Å². The summed E-state index contributed by atoms with van der Waals surface area (Å²) in [5.74, 6) is 0.165. The number of nitrogens with one attached hydrogen (secondary N) is 1. The quantitative estimate of drug-likeness (QED) is 0.702. The second kappa shape index (κ2) is 3.92. The molecule has 1 saturated carbocycles. The van der Waals surface area contributed by atoms with E-state index in [9.17, 15) is 4.79 Å². The molecule has 1 heterocycles. The molecule has 0 aliphatic heterocycles. The van der Waals surface area contributed by atoms with Gasteiger partial charge in [-0.15, -0.1) is 0 Å². The van der Waals surface area contributed by atoms with Gasteiger partial charge in [0.15, 0.2) is 5.78 Å². The fourth-order valence-electron chi connectivity index (χ4n) is 1.45. The largest absolute Gasteiger partial charge is 0.314 e. The van der Waals surface area contributed by atoms with Crippen molar-refractivity contribution in [2.75, 3.05) is 6.54 Å². The van der Waals surface area contributed by atoms with Gasteiger partial charge < -0.3 is 5.32 Å². The van der Waals surface area contributed by atoms with Crippen LogP contribution in [0.25, 0.3) is 0 Å². The third-order valence-electron chi connectivity index (χ3n) is 2.47. The van der Waals surface area contributed by atoms with Crippen molar-refractivity contribution in [3.63, 3.8) is 0 Å². The highest BCUT2D eigenvalue weighted by molar-refractivity contribution is 5.94. The van der Waals surface area contributed by atoms with Gasteiger partial charge in [0.1, 0.15) is 5.69 Å². The molecule has 0 saturated heterocycles. The van der Waals surface area contributed by atoms with E-state index in [1.807, 2.05) is 0 Å². The van der Waals surface area contributed by atoms with Gasteiger partial charge in [0.25, 0.3) is 0 Å². The topological polar surface area (TPSA) is 46.9 Å². The molecule has 1 N–H and O–H groups in total. The summed E-state index contributed by atoms with van der Waals surface area (Å²) in [6, 6.07) is 2.44. The number of hydrogen-bond donors (Lipinski definition) is 1. The number of aryl methyl sites for hydroxylation is 1. The molecule has 1 fully saturated rings. The molecule has 1 aromatic rings. The molecule has 1 aromatic heterocycles. The van der Waals surface area contributed by atoms with Gasteiger partial charge in [0.05, 0.1) is 0 Å². The van der Waals surface area contributed by atoms with Crippen LogP contribution in [0.2, 0.25) is 0 Å². The lowest BCUT2D eigenvalue weighted by atomic mass is 10.2. The first-order chi connectivity index (χ1) is 6.77. The summed E-state index contributed by atoms with van der Waals surface area (Å²) in [7, 11) is 1.79. The zero-order valence-corrected chi connectivity index (χ0v) is 8.36. The minimum absolute atomic E-state index is 0.165. The van der Waals surface area contributed by atoms with E-state index in [4.69, 9.17) is 0 Å². The van der Waals surface area contributed by atoms with Crippen LogP contribution in [0.4, 0.5) is 0 Å². The van der Waals surface area contributed by atoms with E-state index in [0.717, 1.165) is 6.54 Å². The summed E-state index contributed by atoms with van der Waals surface area (Å²) in [5, 5.41) is 7.29. The first-order valence-corrected chi connectivity index (χ1v) is 5.02. The molecule has 0 amide bonds. The Morgan fingerprint density at radius 3 is 3.07 bits per heavy atom. The minimum atomic E-state index is 0.165. The third-order valence-corrected chi connectivity index (χ3v) is 2.47. The van der Waals surface area contributed by atoms with Gasteiger partial charge in [-0.3, -0.25) is 9.48 Å². The second-order valence-corrected chi connectivity index (χ2v) is 3.74. The molecule has 1 aliphatic carbocycles. The van der Waals surface area contributed by atoms with Crippen molar-refractivity contribution in [1.29, 1.82) is 0 Å². The van der Waals surface area contributed by atoms with Crippen LogP contribution >= 0.6 is 0 Å². The molecule has 4 heteroatoms. The van der Waals surface area contributed by atoms with Crippen molar-refractivity contribution in [2.45, 2.75) is 25.3 Å². The van der Waals surface area contributed by atoms with Gasteiger partial charge in [-0.2, -0.15) is 5.10 Å². The Morgan fingerprint density at radius 2 is 2.50 bits per heavy atom. The van der Waals surface area contributed by atoms with Gasteiger partial charge in [0, 0.05) is 32.3 Å². The predicted octanol–water partition coefficient (Wildman–Crippen LogP) is 0.745. The van der Waals surface area contributed by atoms with E-state index in [0.29, 0.717) is 18.2 Å². The molecular formula is C10H15N3O. The zero-order chi connectivity index (χ0) is 9.97. The number of ketones is 1. The first-order valence-electron chi connectivity index (χ1n) is 5.02. The van der Waals surface area contributed by atoms with E-state index >= 15 is 0 Å². The Balaban J connectivity index is 1.79. The highest BCUT2D eigenvalue weighted by Gasteiger charge is 2.20. The third kappa shape index (κ3) is 2.20. The van der Waals surface area contributed by atoms with Gasteiger partial charge in [0.2, 0.25) is 0 Å². The fourth-order valence-corrected chi connectivity index (χ4v) is 1.45. The van der Waals surface area contributed by atoms with Crippen LogP contribution in [-0.4, -0.2) is 28.2 Å². The molecule has 0 radical (unpaired) electrons. The zero-order valence-electron chi connectivity index (χ0n) is 8.36. The van der Waals surface area contributed by atoms with Crippen molar-refractivity contribution in [3.8, 4) is 0 Å². The fraction of sp³-hybridized carbons (Fsp3) is 0.600. The maximum atomic E-state index is 11.6. The van der Waals surface area contributed by atoms with Crippen LogP contribution in [0, 0.1) is 0 Å². The number of carbonyl (C=O) groups excluding carboxylic acids is 1. The lowest BCUT2D eigenvalue weighted by Crippen LogP contribution is -2.21. The number of nitrogens with zero attached hydrogens (tertiary/aromatic N) is 2. The summed E-state index contributed by atoms with van der Waals surface area (Å²) >= 11 is 0. The number of hydrogen-bond acceptors (Lipinski definition) is 3. The van der Waals surface area contributed by atoms with Crippen molar-refractivity contribution in [3.05, 3.63) is 18.0 Å². The standard InChI is InChI=1S/C10H15N3O/c1-13-9(4-7-12-13)10(14)5-6-11-8-2-3-8/h4,7-8,11H,2-3,5-6H2,1H3. The molecule has 1 aliphatic rings. The van der Waals surface area contributed by atoms with Crippen molar-refractivity contribution >= 4 is 5.78 Å². The van der Waals surface area contributed by atoms with Crippen molar-refractivity contribution in [1.82, 2.24) is 15.1 Å². The molecule has 0 spiro atoms. The lowest BCUT2D eigenvalue weighted by Gasteiger charge is -2.02. The minimum Gasteiger partial charge on any atom is -0.314 e. The van der Waals surface area contributed by atoms with Gasteiger partial charge in [-0.05, 0) is 18.9 Å². The van der Waals surface area contributed by atoms with Crippen LogP contribution in [0.3, 0.4) is 0 Å². The Labute approximate surface area is 83.3 Å². The summed E-state index contributed by atoms with van der Waals surface area (Å²) < 4.78 is 1.62. The maximum Gasteiger partial charge on any atom is 0.182 e. The normalized spacial score (nSPS) is 15.8. The van der Waals surface area contributed by atoms with Crippen LogP contribution in [0.15, 0.2) is 12.3 Å². The van der Waals surface area contributed by atoms with E-state index in [2.05, 4.69) is 10.4 Å². The molecule has 0 atom stereocenters. The molecular weight excluding hydrogens is 178 g/mol. The van der Waals surface area contributed by atoms with E-state index in [1.54, 1.807) is 24.0 Å². The average Bonchev–Trinajstić information content (AvgIpc) is 2.87. The summed E-state index contributed by atoms with van der Waals surface area (Å²) in [5.41, 5.74) is 0.697. The average molecular weight is 193 g/mol. The molecule has 14 heavy (non-hydrogen) atoms. The van der Waals surface area contributed by atoms with Gasteiger partial charge in [-0.25, -0.2) is 0 Å². The summed E-state index contributed by atoms with van der Waals surface area (Å²) in [6.07, 6.45) is 4.75. The molecule has 0 aromatic carbocycles. The Morgan fingerprint density at radius 1 is 1.71 bits per heavy atom. The molecule has 4 nitrogen and oxygen atoms in total. The van der Waals surface area contributed by atoms with E-state index < -0.39 is 0 Å². The van der Waals surface area contributed by atoms with Crippen molar-refractivity contribution < 1.29 is 4.79 Å². The van der Waals surface area contributed by atoms with E-state index in [-0.39, 0.29) is 5.78 Å². The van der Waals surface area contributed by atoms with E-state index in [1.165, 1.54) is 12.8 Å². The van der Waals surface area contributed by atoms with Crippen LogP contribution in [0.1, 0.15) is 29.8 Å². The van der Waals surface area contributed by atoms with Gasteiger partial charge in [-0.1, -0.05) is 0 Å². The maximum absolute atomic E-state index is 11.6. The highest BCUT2D eigenvalue weighted by Crippen LogP contribution is 2.18. The number of Topliss-reactive ketones (excluding diaryl/α,β-unsaturated/α-hetero) is 1. The second-order valence-electron chi connectivity index (χ2n) is 3.74. The summed E-state index contributed by atoms with van der Waals surface area (Å²) in [6.45, 7) is 0.786. The number of rotatable bonds is 5.